The molecule has 1 heteroatoms. The van der Waals surface area contributed by atoms with Gasteiger partial charge in [-0.15, -0.1) is 11.3 Å². The van der Waals surface area contributed by atoms with Crippen molar-refractivity contribution in [1.29, 1.82) is 0 Å². The average Bonchev–Trinajstić information content (AvgIpc) is 3.94. The van der Waals surface area contributed by atoms with Crippen LogP contribution >= 0.6 is 11.3 Å². The van der Waals surface area contributed by atoms with Gasteiger partial charge >= 0.3 is 0 Å². The molecule has 0 radical (unpaired) electrons. The summed E-state index contributed by atoms with van der Waals surface area (Å²) in [7, 11) is 0. The van der Waals surface area contributed by atoms with Crippen LogP contribution in [0, 0.1) is 165 Å². The lowest BCUT2D eigenvalue weighted by Gasteiger charge is -2.72. The Morgan fingerprint density at radius 2 is 1.19 bits per heavy atom. The molecule has 17 aliphatic rings. The van der Waals surface area contributed by atoms with Gasteiger partial charge in [0.05, 0.1) is 0 Å². The largest absolute Gasteiger partial charge is 0.149 e. The SMILES string of the molecule is C1=CC2C3CCC4C5C3C3C2C2C1C1CCC6C7CCC8=C9CCC4C4%10Cc%11ccsc%11CC94C4C8C7C7C6C1C2C1C7C4C(C31)C5%10. The van der Waals surface area contributed by atoms with Crippen LogP contribution in [0.3, 0.4) is 0 Å². The van der Waals surface area contributed by atoms with Gasteiger partial charge in [0.15, 0.2) is 0 Å². The molecule has 17 aliphatic carbocycles. The van der Waals surface area contributed by atoms with Crippen molar-refractivity contribution >= 4 is 11.3 Å². The summed E-state index contributed by atoms with van der Waals surface area (Å²) >= 11 is 2.23. The summed E-state index contributed by atoms with van der Waals surface area (Å²) in [5.41, 5.74) is 7.64. The molecule has 14 saturated carbocycles. The number of hydrogen-bond donors (Lipinski definition) is 0. The van der Waals surface area contributed by atoms with E-state index in [1.807, 2.05) is 10.4 Å². The maximum atomic E-state index is 3.03. The second-order valence-corrected chi connectivity index (χ2v) is 23.7. The lowest BCUT2D eigenvalue weighted by atomic mass is 9.31. The summed E-state index contributed by atoms with van der Waals surface area (Å²) in [6, 6.07) is 2.70. The van der Waals surface area contributed by atoms with E-state index in [-0.39, 0.29) is 0 Å². The fraction of sp³-hybridized carbons (Fsp3) is 0.826. The van der Waals surface area contributed by atoms with Gasteiger partial charge in [-0.3, -0.25) is 0 Å². The molecule has 0 aromatic carbocycles. The van der Waals surface area contributed by atoms with Crippen molar-refractivity contribution in [3.05, 3.63) is 45.2 Å². The Labute approximate surface area is 284 Å². The summed E-state index contributed by atoms with van der Waals surface area (Å²) < 4.78 is 0. The van der Waals surface area contributed by atoms with E-state index in [0.717, 1.165) is 101 Å². The van der Waals surface area contributed by atoms with Crippen LogP contribution in [0.4, 0.5) is 0 Å². The monoisotopic (exact) mass is 634 g/mol. The molecule has 240 valence electrons. The van der Waals surface area contributed by atoms with Crippen LogP contribution in [0.5, 0.6) is 0 Å². The van der Waals surface area contributed by atoms with Gasteiger partial charge in [0.1, 0.15) is 0 Å². The maximum Gasteiger partial charge on any atom is 0.00865 e. The third-order valence-electron chi connectivity index (χ3n) is 24.4. The smallest absolute Gasteiger partial charge is 0.00865 e. The molecule has 0 N–H and O–H groups in total. The molecule has 28 unspecified atom stereocenters. The standard InChI is InChI=1S/C46H50S/c1-3-18-20-5-7-22-24-9-10-25-23-8-6-21-19-4-2-17-16(1)27-29(18)36-31(20)33(22)43-41-39(36)38-35(27)28(17)30(19)37-32(21)34(23)44(42(41)40(37)38)46(25)14-26-15(11-12-47-26)13-45(24,43)46/h1,3,11-12,16-22,24,27-44H,2,4-10,13-14H2. The first-order valence-corrected chi connectivity index (χ1v) is 22.7. The molecule has 2 spiro atoms. The van der Waals surface area contributed by atoms with Gasteiger partial charge in [-0.25, -0.2) is 0 Å². The third-order valence-corrected chi connectivity index (χ3v) is 25.4. The molecule has 0 amide bonds. The normalized spacial score (nSPS) is 76.5. The number of hydrogen-bond acceptors (Lipinski definition) is 1. The van der Waals surface area contributed by atoms with Crippen molar-refractivity contribution in [3.63, 3.8) is 0 Å². The van der Waals surface area contributed by atoms with E-state index in [1.165, 1.54) is 59.7 Å². The number of allylic oxidation sites excluding steroid dienone is 4. The minimum absolute atomic E-state index is 0.603. The highest BCUT2D eigenvalue weighted by Gasteiger charge is 2.92. The van der Waals surface area contributed by atoms with E-state index in [4.69, 9.17) is 0 Å². The number of thiophene rings is 1. The molecule has 28 atom stereocenters. The molecular weight excluding hydrogens is 585 g/mol. The minimum Gasteiger partial charge on any atom is -0.149 e. The van der Waals surface area contributed by atoms with E-state index in [9.17, 15) is 0 Å². The van der Waals surface area contributed by atoms with Crippen LogP contribution in [-0.2, 0) is 12.8 Å². The average molecular weight is 635 g/mol. The predicted molar refractivity (Wildman–Crippen MR) is 180 cm³/mol. The minimum atomic E-state index is 0.603. The Kier molecular flexibility index (Phi) is 3.28. The molecule has 1 heterocycles. The fourth-order valence-electron chi connectivity index (χ4n) is 26.0. The summed E-state index contributed by atoms with van der Waals surface area (Å²) in [5.74, 6) is 29.5. The van der Waals surface area contributed by atoms with Crippen molar-refractivity contribution in [3.8, 4) is 0 Å². The molecular formula is C46H50S. The van der Waals surface area contributed by atoms with E-state index < -0.39 is 0 Å². The molecule has 0 bridgehead atoms. The first-order valence-electron chi connectivity index (χ1n) is 21.8. The predicted octanol–water partition coefficient (Wildman–Crippen LogP) is 9.03. The zero-order valence-corrected chi connectivity index (χ0v) is 28.6. The summed E-state index contributed by atoms with van der Waals surface area (Å²) in [5, 5.41) is 2.57. The van der Waals surface area contributed by atoms with Gasteiger partial charge in [0.2, 0.25) is 0 Å². The molecule has 1 aromatic heterocycles. The Bertz CT molecular complexity index is 1890. The Morgan fingerprint density at radius 3 is 2.04 bits per heavy atom. The van der Waals surface area contributed by atoms with Crippen molar-refractivity contribution < 1.29 is 0 Å². The van der Waals surface area contributed by atoms with Gasteiger partial charge in [-0.2, -0.15) is 0 Å². The topological polar surface area (TPSA) is 0 Å². The first-order chi connectivity index (χ1) is 23.3. The zero-order chi connectivity index (χ0) is 28.9. The zero-order valence-electron chi connectivity index (χ0n) is 27.8. The molecule has 0 aliphatic heterocycles. The first kappa shape index (κ1) is 23.6. The van der Waals surface area contributed by atoms with Gasteiger partial charge in [0.25, 0.3) is 0 Å². The van der Waals surface area contributed by atoms with Crippen LogP contribution in [0.15, 0.2) is 34.7 Å². The van der Waals surface area contributed by atoms with Crippen LogP contribution in [0.25, 0.3) is 0 Å². The Morgan fingerprint density at radius 1 is 0.532 bits per heavy atom. The van der Waals surface area contributed by atoms with Crippen LogP contribution < -0.4 is 0 Å². The summed E-state index contributed by atoms with van der Waals surface area (Å²) in [6.07, 6.45) is 22.2. The molecule has 0 saturated heterocycles. The van der Waals surface area contributed by atoms with Crippen molar-refractivity contribution in [2.24, 2.45) is 165 Å². The van der Waals surface area contributed by atoms with Crippen molar-refractivity contribution in [2.75, 3.05) is 0 Å². The Balaban J connectivity index is 1.04. The van der Waals surface area contributed by atoms with Gasteiger partial charge in [-0.1, -0.05) is 23.3 Å². The van der Waals surface area contributed by atoms with E-state index in [2.05, 4.69) is 46.1 Å². The van der Waals surface area contributed by atoms with Crippen molar-refractivity contribution in [1.82, 2.24) is 0 Å². The highest BCUT2D eigenvalue weighted by molar-refractivity contribution is 7.10. The molecule has 14 fully saturated rings. The second-order valence-electron chi connectivity index (χ2n) is 22.7. The van der Waals surface area contributed by atoms with Gasteiger partial charge in [-0.05, 0) is 240 Å². The van der Waals surface area contributed by atoms with Crippen LogP contribution in [0.1, 0.15) is 61.8 Å². The highest BCUT2D eigenvalue weighted by atomic mass is 32.1. The number of fused-ring (bicyclic) bond motifs is 5. The fourth-order valence-corrected chi connectivity index (χ4v) is 27.0. The molecule has 1 aromatic rings. The lowest BCUT2D eigenvalue weighted by Crippen LogP contribution is -2.69. The molecule has 18 rings (SSSR count). The van der Waals surface area contributed by atoms with E-state index >= 15 is 0 Å². The molecule has 0 nitrogen and oxygen atoms in total. The van der Waals surface area contributed by atoms with Gasteiger partial charge < -0.3 is 0 Å². The maximum absolute atomic E-state index is 3.03. The highest BCUT2D eigenvalue weighted by Crippen LogP contribution is 2.96. The third kappa shape index (κ3) is 1.79. The van der Waals surface area contributed by atoms with E-state index in [1.54, 1.807) is 57.8 Å². The van der Waals surface area contributed by atoms with Gasteiger partial charge in [0, 0.05) is 10.3 Å². The summed E-state index contributed by atoms with van der Waals surface area (Å²) in [6.45, 7) is 0. The Hall–Kier alpha value is -0.820. The lowest BCUT2D eigenvalue weighted by molar-refractivity contribution is -0.225. The molecule has 47 heavy (non-hydrogen) atoms. The number of rotatable bonds is 0. The van der Waals surface area contributed by atoms with E-state index in [0.29, 0.717) is 10.8 Å². The second kappa shape index (κ2) is 6.53. The quantitative estimate of drug-likeness (QED) is 0.250. The van der Waals surface area contributed by atoms with Crippen molar-refractivity contribution in [2.45, 2.75) is 64.2 Å². The van der Waals surface area contributed by atoms with Crippen LogP contribution in [0.2, 0.25) is 0 Å². The van der Waals surface area contributed by atoms with Crippen LogP contribution in [-0.4, -0.2) is 0 Å². The summed E-state index contributed by atoms with van der Waals surface area (Å²) in [4.78, 5) is 1.91.